The van der Waals surface area contributed by atoms with Crippen molar-refractivity contribution in [1.29, 1.82) is 0 Å². The average Bonchev–Trinajstić information content (AvgIpc) is 2.93. The number of likely N-dealkylation sites (N-methyl/N-ethyl adjacent to an activating group) is 2. The van der Waals surface area contributed by atoms with Crippen molar-refractivity contribution in [2.45, 2.75) is 0 Å². The van der Waals surface area contributed by atoms with Crippen molar-refractivity contribution in [3.05, 3.63) is 67.3 Å². The molecule has 0 radical (unpaired) electrons. The predicted octanol–water partition coefficient (Wildman–Crippen LogP) is 3.03. The third kappa shape index (κ3) is 6.70. The molecule has 0 atom stereocenters. The Morgan fingerprint density at radius 2 is 1.79 bits per heavy atom. The Kier molecular flexibility index (Phi) is 7.99. The maximum absolute atomic E-state index is 12.3. The van der Waals surface area contributed by atoms with E-state index in [2.05, 4.69) is 47.4 Å². The normalized spacial score (nSPS) is 14.3. The molecule has 1 aliphatic heterocycles. The van der Waals surface area contributed by atoms with Gasteiger partial charge in [0.05, 0.1) is 23.8 Å². The van der Waals surface area contributed by atoms with Crippen LogP contribution in [0.1, 0.15) is 0 Å². The maximum Gasteiger partial charge on any atom is 0.248 e. The van der Waals surface area contributed by atoms with Gasteiger partial charge in [-0.3, -0.25) is 14.8 Å². The first-order chi connectivity index (χ1) is 18.9. The Hall–Kier alpha value is -4.48. The van der Waals surface area contributed by atoms with Crippen LogP contribution in [0.15, 0.2) is 67.3 Å². The molecule has 5 heterocycles. The van der Waals surface area contributed by atoms with Crippen molar-refractivity contribution in [3.8, 4) is 11.3 Å². The SMILES string of the molecule is CN(C)CC=CC(=O)Nc1ccnc(-c2ccnc3cnc(Nc4ccc(N5CCN(C)CC5)nc4)nc23)c1. The van der Waals surface area contributed by atoms with E-state index in [1.54, 1.807) is 30.9 Å². The Bertz CT molecular complexity index is 1460. The van der Waals surface area contributed by atoms with Gasteiger partial charge in [0.1, 0.15) is 16.9 Å². The summed E-state index contributed by atoms with van der Waals surface area (Å²) in [5.41, 5.74) is 4.18. The minimum absolute atomic E-state index is 0.199. The van der Waals surface area contributed by atoms with Crippen LogP contribution in [-0.4, -0.2) is 94.5 Å². The molecule has 5 rings (SSSR count). The molecule has 0 saturated carbocycles. The van der Waals surface area contributed by atoms with Gasteiger partial charge in [-0.15, -0.1) is 0 Å². The van der Waals surface area contributed by atoms with E-state index < -0.39 is 0 Å². The lowest BCUT2D eigenvalue weighted by Crippen LogP contribution is -2.44. The molecule has 4 aromatic heterocycles. The van der Waals surface area contributed by atoms with Gasteiger partial charge < -0.3 is 25.3 Å². The fraction of sp³-hybridized carbons (Fsp3) is 0.286. The molecule has 0 aromatic carbocycles. The van der Waals surface area contributed by atoms with Crippen LogP contribution in [0.5, 0.6) is 0 Å². The van der Waals surface area contributed by atoms with Crippen molar-refractivity contribution < 1.29 is 4.79 Å². The minimum Gasteiger partial charge on any atom is -0.354 e. The summed E-state index contributed by atoms with van der Waals surface area (Å²) in [4.78, 5) is 41.7. The summed E-state index contributed by atoms with van der Waals surface area (Å²) < 4.78 is 0. The summed E-state index contributed by atoms with van der Waals surface area (Å²) in [5, 5.41) is 6.14. The zero-order valence-electron chi connectivity index (χ0n) is 22.4. The number of rotatable bonds is 8. The Balaban J connectivity index is 1.34. The molecule has 11 nitrogen and oxygen atoms in total. The fourth-order valence-electron chi connectivity index (χ4n) is 4.23. The fourth-order valence-corrected chi connectivity index (χ4v) is 4.23. The Morgan fingerprint density at radius 1 is 0.974 bits per heavy atom. The van der Waals surface area contributed by atoms with Crippen LogP contribution in [-0.2, 0) is 4.79 Å². The van der Waals surface area contributed by atoms with Crippen LogP contribution in [0, 0.1) is 0 Å². The molecular weight excluding hydrogens is 492 g/mol. The van der Waals surface area contributed by atoms with Gasteiger partial charge in [-0.1, -0.05) is 6.08 Å². The number of pyridine rings is 3. The highest BCUT2D eigenvalue weighted by molar-refractivity contribution is 6.00. The topological polar surface area (TPSA) is 115 Å². The van der Waals surface area contributed by atoms with Crippen molar-refractivity contribution in [1.82, 2.24) is 34.7 Å². The molecule has 1 aliphatic rings. The van der Waals surface area contributed by atoms with Crippen LogP contribution in [0.25, 0.3) is 22.3 Å². The van der Waals surface area contributed by atoms with E-state index in [9.17, 15) is 4.79 Å². The molecule has 200 valence electrons. The first kappa shape index (κ1) is 26.1. The summed E-state index contributed by atoms with van der Waals surface area (Å²) in [7, 11) is 6.03. The third-order valence-electron chi connectivity index (χ3n) is 6.35. The highest BCUT2D eigenvalue weighted by atomic mass is 16.1. The van der Waals surface area contributed by atoms with E-state index >= 15 is 0 Å². The second-order valence-electron chi connectivity index (χ2n) is 9.69. The van der Waals surface area contributed by atoms with Gasteiger partial charge in [0.25, 0.3) is 0 Å². The van der Waals surface area contributed by atoms with Gasteiger partial charge in [-0.25, -0.2) is 15.0 Å². The molecular formula is C28H32N10O. The van der Waals surface area contributed by atoms with Gasteiger partial charge in [-0.05, 0) is 51.5 Å². The lowest BCUT2D eigenvalue weighted by molar-refractivity contribution is -0.111. The second-order valence-corrected chi connectivity index (χ2v) is 9.69. The number of piperazine rings is 1. The van der Waals surface area contributed by atoms with Gasteiger partial charge in [-0.2, -0.15) is 0 Å². The number of fused-ring (bicyclic) bond motifs is 1. The highest BCUT2D eigenvalue weighted by Crippen LogP contribution is 2.27. The molecule has 1 saturated heterocycles. The molecule has 1 amide bonds. The first-order valence-electron chi connectivity index (χ1n) is 12.8. The summed E-state index contributed by atoms with van der Waals surface area (Å²) >= 11 is 0. The van der Waals surface area contributed by atoms with Crippen LogP contribution in [0.4, 0.5) is 23.1 Å². The van der Waals surface area contributed by atoms with Gasteiger partial charge in [0.15, 0.2) is 0 Å². The van der Waals surface area contributed by atoms with Gasteiger partial charge in [0, 0.05) is 62.4 Å². The number of hydrogen-bond acceptors (Lipinski definition) is 10. The average molecular weight is 525 g/mol. The van der Waals surface area contributed by atoms with E-state index in [1.807, 2.05) is 49.3 Å². The van der Waals surface area contributed by atoms with Crippen molar-refractivity contribution in [3.63, 3.8) is 0 Å². The zero-order valence-corrected chi connectivity index (χ0v) is 22.4. The van der Waals surface area contributed by atoms with E-state index in [0.29, 0.717) is 34.9 Å². The molecule has 11 heteroatoms. The molecule has 0 unspecified atom stereocenters. The summed E-state index contributed by atoms with van der Waals surface area (Å²) in [6.45, 7) is 4.67. The molecule has 39 heavy (non-hydrogen) atoms. The first-order valence-corrected chi connectivity index (χ1v) is 12.8. The van der Waals surface area contributed by atoms with E-state index in [0.717, 1.165) is 43.2 Å². The minimum atomic E-state index is -0.199. The zero-order chi connectivity index (χ0) is 27.2. The van der Waals surface area contributed by atoms with Crippen LogP contribution < -0.4 is 15.5 Å². The number of nitrogens with zero attached hydrogens (tertiary/aromatic N) is 8. The van der Waals surface area contributed by atoms with Crippen LogP contribution >= 0.6 is 0 Å². The predicted molar refractivity (Wildman–Crippen MR) is 154 cm³/mol. The van der Waals surface area contributed by atoms with Crippen LogP contribution in [0.3, 0.4) is 0 Å². The van der Waals surface area contributed by atoms with Gasteiger partial charge in [0.2, 0.25) is 11.9 Å². The number of amides is 1. The van der Waals surface area contributed by atoms with Crippen LogP contribution in [0.2, 0.25) is 0 Å². The van der Waals surface area contributed by atoms with E-state index in [-0.39, 0.29) is 5.91 Å². The highest BCUT2D eigenvalue weighted by Gasteiger charge is 2.15. The van der Waals surface area contributed by atoms with E-state index in [1.165, 1.54) is 6.08 Å². The lowest BCUT2D eigenvalue weighted by Gasteiger charge is -2.33. The number of anilines is 4. The standard InChI is InChI=1S/C28H32N10O/c1-36(2)12-4-5-26(39)33-20-8-10-29-23(17-20)22-9-11-30-24-19-32-28(35-27(22)24)34-21-6-7-25(31-18-21)38-15-13-37(3)14-16-38/h4-11,17-19H,12-16H2,1-3H3,(H,29,33,39)(H,32,34,35). The van der Waals surface area contributed by atoms with E-state index in [4.69, 9.17) is 4.98 Å². The molecule has 1 fully saturated rings. The molecule has 0 spiro atoms. The molecule has 0 aliphatic carbocycles. The monoisotopic (exact) mass is 524 g/mol. The summed E-state index contributed by atoms with van der Waals surface area (Å²) in [6.07, 6.45) is 10.2. The number of carbonyl (C=O) groups is 1. The maximum atomic E-state index is 12.3. The van der Waals surface area contributed by atoms with Crippen molar-refractivity contribution in [2.75, 3.05) is 69.4 Å². The smallest absolute Gasteiger partial charge is 0.248 e. The van der Waals surface area contributed by atoms with Gasteiger partial charge >= 0.3 is 0 Å². The third-order valence-corrected chi connectivity index (χ3v) is 6.35. The van der Waals surface area contributed by atoms with Crippen molar-refractivity contribution >= 4 is 40.1 Å². The number of carbonyl (C=O) groups excluding carboxylic acids is 1. The Morgan fingerprint density at radius 3 is 2.56 bits per heavy atom. The second kappa shape index (κ2) is 11.9. The summed E-state index contributed by atoms with van der Waals surface area (Å²) in [6, 6.07) is 9.44. The summed E-state index contributed by atoms with van der Waals surface area (Å²) in [5.74, 6) is 1.20. The number of nitrogens with one attached hydrogen (secondary N) is 2. The van der Waals surface area contributed by atoms with Crippen molar-refractivity contribution in [2.24, 2.45) is 0 Å². The Labute approximate surface area is 227 Å². The number of aromatic nitrogens is 5. The molecule has 4 aromatic rings. The molecule has 2 N–H and O–H groups in total. The largest absolute Gasteiger partial charge is 0.354 e. The number of hydrogen-bond donors (Lipinski definition) is 2. The lowest BCUT2D eigenvalue weighted by atomic mass is 10.1. The quantitative estimate of drug-likeness (QED) is 0.333. The molecule has 0 bridgehead atoms.